The van der Waals surface area contributed by atoms with Gasteiger partial charge in [-0.25, -0.2) is 4.79 Å². The van der Waals surface area contributed by atoms with Crippen molar-refractivity contribution in [3.8, 4) is 0 Å². The summed E-state index contributed by atoms with van der Waals surface area (Å²) in [7, 11) is 1.64. The summed E-state index contributed by atoms with van der Waals surface area (Å²) in [6.07, 6.45) is -4.07. The second kappa shape index (κ2) is 7.12. The highest BCUT2D eigenvalue weighted by Crippen LogP contribution is 2.32. The maximum atomic E-state index is 12.3. The van der Waals surface area contributed by atoms with Crippen LogP contribution in [-0.4, -0.2) is 48.4 Å². The minimum atomic E-state index is -4.28. The van der Waals surface area contributed by atoms with E-state index in [-0.39, 0.29) is 18.4 Å². The lowest BCUT2D eigenvalue weighted by Crippen LogP contribution is -2.39. The molecule has 2 N–H and O–H groups in total. The van der Waals surface area contributed by atoms with E-state index in [2.05, 4.69) is 10.6 Å². The van der Waals surface area contributed by atoms with E-state index in [0.717, 1.165) is 0 Å². The molecule has 2 rings (SSSR count). The first-order valence-corrected chi connectivity index (χ1v) is 7.83. The Morgan fingerprint density at radius 1 is 1.39 bits per heavy atom. The first-order valence-electron chi connectivity index (χ1n) is 6.84. The first-order chi connectivity index (χ1) is 10.7. The van der Waals surface area contributed by atoms with Gasteiger partial charge in [-0.2, -0.15) is 13.2 Å². The van der Waals surface area contributed by atoms with Crippen molar-refractivity contribution in [2.75, 3.05) is 24.7 Å². The third-order valence-corrected chi connectivity index (χ3v) is 4.34. The van der Waals surface area contributed by atoms with Crippen molar-refractivity contribution < 1.29 is 22.8 Å². The van der Waals surface area contributed by atoms with Crippen molar-refractivity contribution in [2.24, 2.45) is 0 Å². The largest absolute Gasteiger partial charge is 0.398 e. The fraction of sp³-hybridized carbons (Fsp3) is 0.429. The molecular formula is C14H16F3N3O2S. The van der Waals surface area contributed by atoms with Crippen molar-refractivity contribution >= 4 is 29.4 Å². The standard InChI is InChI=1S/C14H16F3N3O2S/c1-20-7-9(6-12(20)21)18-13(22)19-10-4-2-3-5-11(10)23-8-14(15,16)17/h2-5,9H,6-8H2,1H3,(H2,18,19,22)/t9-/m1/s1. The van der Waals surface area contributed by atoms with E-state index in [1.807, 2.05) is 0 Å². The number of para-hydroxylation sites is 1. The van der Waals surface area contributed by atoms with E-state index in [1.165, 1.54) is 17.0 Å². The predicted molar refractivity (Wildman–Crippen MR) is 81.4 cm³/mol. The molecule has 0 saturated carbocycles. The van der Waals surface area contributed by atoms with E-state index in [0.29, 0.717) is 28.9 Å². The predicted octanol–water partition coefficient (Wildman–Crippen LogP) is 2.69. The fourth-order valence-electron chi connectivity index (χ4n) is 2.16. The zero-order valence-corrected chi connectivity index (χ0v) is 13.1. The van der Waals surface area contributed by atoms with Gasteiger partial charge in [-0.15, -0.1) is 11.8 Å². The molecule has 1 heterocycles. The molecule has 1 aromatic rings. The molecule has 0 unspecified atom stereocenters. The highest BCUT2D eigenvalue weighted by atomic mass is 32.2. The molecule has 1 aromatic carbocycles. The van der Waals surface area contributed by atoms with Crippen LogP contribution in [0.5, 0.6) is 0 Å². The number of anilines is 1. The maximum absolute atomic E-state index is 12.3. The second-order valence-electron chi connectivity index (χ2n) is 5.17. The number of thioether (sulfide) groups is 1. The van der Waals surface area contributed by atoms with Crippen LogP contribution >= 0.6 is 11.8 Å². The minimum absolute atomic E-state index is 0.0589. The number of halogens is 3. The highest BCUT2D eigenvalue weighted by molar-refractivity contribution is 7.99. The van der Waals surface area contributed by atoms with Crippen LogP contribution < -0.4 is 10.6 Å². The monoisotopic (exact) mass is 347 g/mol. The van der Waals surface area contributed by atoms with Gasteiger partial charge in [-0.1, -0.05) is 12.1 Å². The Labute approximate surface area is 135 Å². The van der Waals surface area contributed by atoms with Gasteiger partial charge in [0.25, 0.3) is 0 Å². The number of carbonyl (C=O) groups is 2. The van der Waals surface area contributed by atoms with E-state index in [9.17, 15) is 22.8 Å². The molecule has 23 heavy (non-hydrogen) atoms. The van der Waals surface area contributed by atoms with Crippen LogP contribution in [0, 0.1) is 0 Å². The number of nitrogens with one attached hydrogen (secondary N) is 2. The summed E-state index contributed by atoms with van der Waals surface area (Å²) in [5.41, 5.74) is 0.303. The summed E-state index contributed by atoms with van der Waals surface area (Å²) in [5.74, 6) is -1.09. The SMILES string of the molecule is CN1C[C@H](NC(=O)Nc2ccccc2SCC(F)(F)F)CC1=O. The van der Waals surface area contributed by atoms with Crippen LogP contribution in [0.1, 0.15) is 6.42 Å². The lowest BCUT2D eigenvalue weighted by atomic mass is 10.2. The van der Waals surface area contributed by atoms with Crippen molar-refractivity contribution in [2.45, 2.75) is 23.5 Å². The Balaban J connectivity index is 1.94. The Morgan fingerprint density at radius 2 is 2.09 bits per heavy atom. The van der Waals surface area contributed by atoms with Crippen molar-refractivity contribution in [3.63, 3.8) is 0 Å². The smallest absolute Gasteiger partial charge is 0.344 e. The molecule has 0 radical (unpaired) electrons. The number of urea groups is 1. The molecule has 126 valence electrons. The van der Waals surface area contributed by atoms with Crippen LogP contribution in [-0.2, 0) is 4.79 Å². The molecule has 0 spiro atoms. The van der Waals surface area contributed by atoms with Gasteiger partial charge in [0.2, 0.25) is 5.91 Å². The molecule has 1 fully saturated rings. The average molecular weight is 347 g/mol. The Bertz CT molecular complexity index is 595. The number of carbonyl (C=O) groups excluding carboxylic acids is 2. The Morgan fingerprint density at radius 3 is 2.70 bits per heavy atom. The summed E-state index contributed by atoms with van der Waals surface area (Å²) >= 11 is 0.610. The summed E-state index contributed by atoms with van der Waals surface area (Å²) in [6, 6.07) is 5.43. The first kappa shape index (κ1) is 17.5. The quantitative estimate of drug-likeness (QED) is 0.824. The lowest BCUT2D eigenvalue weighted by molar-refractivity contribution is -0.126. The van der Waals surface area contributed by atoms with Crippen LogP contribution in [0.3, 0.4) is 0 Å². The van der Waals surface area contributed by atoms with Crippen LogP contribution in [0.25, 0.3) is 0 Å². The molecular weight excluding hydrogens is 331 g/mol. The molecule has 0 aliphatic carbocycles. The molecule has 0 bridgehead atoms. The number of likely N-dealkylation sites (N-methyl/N-ethyl adjacent to an activating group) is 1. The topological polar surface area (TPSA) is 61.4 Å². The van der Waals surface area contributed by atoms with E-state index >= 15 is 0 Å². The molecule has 1 atom stereocenters. The number of amides is 3. The lowest BCUT2D eigenvalue weighted by Gasteiger charge is -2.15. The zero-order valence-electron chi connectivity index (χ0n) is 12.3. The summed E-state index contributed by atoms with van der Waals surface area (Å²) in [4.78, 5) is 25.2. The van der Waals surface area contributed by atoms with Gasteiger partial charge in [0.15, 0.2) is 0 Å². The van der Waals surface area contributed by atoms with E-state index in [4.69, 9.17) is 0 Å². The van der Waals surface area contributed by atoms with Gasteiger partial charge in [0, 0.05) is 24.9 Å². The van der Waals surface area contributed by atoms with Gasteiger partial charge in [-0.05, 0) is 12.1 Å². The van der Waals surface area contributed by atoms with Crippen molar-refractivity contribution in [1.82, 2.24) is 10.2 Å². The molecule has 1 aliphatic rings. The zero-order chi connectivity index (χ0) is 17.0. The van der Waals surface area contributed by atoms with Crippen LogP contribution in [0.4, 0.5) is 23.7 Å². The Hall–Kier alpha value is -1.90. The molecule has 1 saturated heterocycles. The van der Waals surface area contributed by atoms with E-state index < -0.39 is 18.0 Å². The summed E-state index contributed by atoms with van der Waals surface area (Å²) in [6.45, 7) is 0.413. The molecule has 5 nitrogen and oxygen atoms in total. The van der Waals surface area contributed by atoms with Crippen LogP contribution in [0.2, 0.25) is 0 Å². The maximum Gasteiger partial charge on any atom is 0.398 e. The van der Waals surface area contributed by atoms with Gasteiger partial charge in [-0.3, -0.25) is 4.79 Å². The van der Waals surface area contributed by atoms with E-state index in [1.54, 1.807) is 19.2 Å². The average Bonchev–Trinajstić information content (AvgIpc) is 2.75. The van der Waals surface area contributed by atoms with Gasteiger partial charge in [0.05, 0.1) is 17.5 Å². The third kappa shape index (κ3) is 5.34. The van der Waals surface area contributed by atoms with Gasteiger partial charge < -0.3 is 15.5 Å². The van der Waals surface area contributed by atoms with Crippen molar-refractivity contribution in [1.29, 1.82) is 0 Å². The number of hydrogen-bond acceptors (Lipinski definition) is 3. The minimum Gasteiger partial charge on any atom is -0.344 e. The third-order valence-electron chi connectivity index (χ3n) is 3.20. The number of rotatable bonds is 4. The number of hydrogen-bond donors (Lipinski definition) is 2. The van der Waals surface area contributed by atoms with Crippen molar-refractivity contribution in [3.05, 3.63) is 24.3 Å². The van der Waals surface area contributed by atoms with Gasteiger partial charge in [0.1, 0.15) is 0 Å². The van der Waals surface area contributed by atoms with Gasteiger partial charge >= 0.3 is 12.2 Å². The molecule has 1 aliphatic heterocycles. The normalized spacial score (nSPS) is 18.2. The second-order valence-corrected chi connectivity index (χ2v) is 6.19. The Kier molecular flexibility index (Phi) is 5.40. The van der Waals surface area contributed by atoms with Crippen LogP contribution in [0.15, 0.2) is 29.2 Å². The highest BCUT2D eigenvalue weighted by Gasteiger charge is 2.29. The number of nitrogens with zero attached hydrogens (tertiary/aromatic N) is 1. The molecule has 0 aromatic heterocycles. The number of likely N-dealkylation sites (tertiary alicyclic amines) is 1. The number of alkyl halides is 3. The molecule has 9 heteroatoms. The fourth-order valence-corrected chi connectivity index (χ4v) is 2.93. The molecule has 3 amide bonds. The number of benzene rings is 1. The summed E-state index contributed by atoms with van der Waals surface area (Å²) in [5, 5.41) is 5.18. The summed E-state index contributed by atoms with van der Waals surface area (Å²) < 4.78 is 37.0.